The lowest BCUT2D eigenvalue weighted by atomic mass is 9.82. The fourth-order valence-corrected chi connectivity index (χ4v) is 3.45. The number of nitrogens with zero attached hydrogens (tertiary/aromatic N) is 3. The van der Waals surface area contributed by atoms with Crippen LogP contribution in [-0.4, -0.2) is 46.3 Å². The van der Waals surface area contributed by atoms with Crippen molar-refractivity contribution in [2.45, 2.75) is 39.6 Å². The van der Waals surface area contributed by atoms with E-state index in [1.54, 1.807) is 23.1 Å². The fourth-order valence-electron chi connectivity index (χ4n) is 3.15. The molecule has 0 aliphatic carbocycles. The minimum atomic E-state index is -0.700. The minimum Gasteiger partial charge on any atom is -0.455 e. The van der Waals surface area contributed by atoms with Gasteiger partial charge in [-0.1, -0.05) is 43.1 Å². The molecule has 29 heavy (non-hydrogen) atoms. The molecule has 1 atom stereocenters. The van der Waals surface area contributed by atoms with E-state index in [1.807, 2.05) is 26.0 Å². The highest BCUT2D eigenvalue weighted by molar-refractivity contribution is 6.42. The number of rotatable bonds is 6. The normalized spacial score (nSPS) is 23.6. The maximum Gasteiger partial charge on any atom is 0.303 e. The number of hydrogen-bond donors (Lipinski definition) is 0. The molecule has 0 radical (unpaired) electrons. The van der Waals surface area contributed by atoms with Crippen molar-refractivity contribution in [1.82, 2.24) is 14.8 Å². The van der Waals surface area contributed by atoms with Gasteiger partial charge >= 0.3 is 5.97 Å². The zero-order chi connectivity index (χ0) is 21.0. The van der Waals surface area contributed by atoms with Gasteiger partial charge in [0.2, 0.25) is 0 Å². The van der Waals surface area contributed by atoms with Gasteiger partial charge in [-0.3, -0.25) is 4.79 Å². The number of benzene rings is 1. The van der Waals surface area contributed by atoms with Gasteiger partial charge in [-0.2, -0.15) is 5.10 Å². The summed E-state index contributed by atoms with van der Waals surface area (Å²) in [6.45, 7) is 6.02. The van der Waals surface area contributed by atoms with Crippen molar-refractivity contribution < 1.29 is 19.0 Å². The molecule has 7 nitrogen and oxygen atoms in total. The Morgan fingerprint density at radius 1 is 1.38 bits per heavy atom. The summed E-state index contributed by atoms with van der Waals surface area (Å²) < 4.78 is 19.0. The van der Waals surface area contributed by atoms with Gasteiger partial charge in [-0.25, -0.2) is 9.67 Å². The first-order valence-electron chi connectivity index (χ1n) is 9.24. The van der Waals surface area contributed by atoms with Crippen molar-refractivity contribution in [3.63, 3.8) is 0 Å². The number of hydrogen-bond acceptors (Lipinski definition) is 6. The van der Waals surface area contributed by atoms with Crippen molar-refractivity contribution in [3.8, 4) is 0 Å². The third kappa shape index (κ3) is 5.17. The second-order valence-corrected chi connectivity index (χ2v) is 8.00. The predicted octanol–water partition coefficient (Wildman–Crippen LogP) is 4.30. The van der Waals surface area contributed by atoms with Gasteiger partial charge in [-0.15, -0.1) is 0 Å². The molecular weight excluding hydrogens is 417 g/mol. The Balaban J connectivity index is 2.05. The molecule has 0 N–H and O–H groups in total. The van der Waals surface area contributed by atoms with E-state index in [-0.39, 0.29) is 6.29 Å². The van der Waals surface area contributed by atoms with E-state index < -0.39 is 17.5 Å². The number of esters is 1. The summed E-state index contributed by atoms with van der Waals surface area (Å²) in [6, 6.07) is 5.25. The number of aromatic nitrogens is 3. The number of ether oxygens (including phenoxy) is 3. The molecule has 1 aliphatic heterocycles. The van der Waals surface area contributed by atoms with Crippen LogP contribution in [0.25, 0.3) is 11.8 Å². The molecule has 1 aromatic heterocycles. The zero-order valence-corrected chi connectivity index (χ0v) is 18.0. The molecular formula is C20H23Cl2N3O4. The maximum absolute atomic E-state index is 12.0. The lowest BCUT2D eigenvalue weighted by Crippen LogP contribution is -2.49. The minimum absolute atomic E-state index is 0.269. The SMILES string of the molecule is CCC1OCC(C)(C(OC(C)=O)C(=Cc2ccc(Cl)c(Cl)c2)n2cncn2)CO1. The van der Waals surface area contributed by atoms with Crippen LogP contribution in [0.2, 0.25) is 10.0 Å². The van der Waals surface area contributed by atoms with Gasteiger partial charge in [0.05, 0.1) is 34.4 Å². The second kappa shape index (κ2) is 9.26. The molecule has 1 fully saturated rings. The Morgan fingerprint density at radius 3 is 2.66 bits per heavy atom. The molecule has 0 bridgehead atoms. The van der Waals surface area contributed by atoms with Gasteiger partial charge in [0, 0.05) is 6.92 Å². The van der Waals surface area contributed by atoms with Gasteiger partial charge < -0.3 is 14.2 Å². The van der Waals surface area contributed by atoms with Crippen LogP contribution in [0.4, 0.5) is 0 Å². The van der Waals surface area contributed by atoms with E-state index in [1.165, 1.54) is 13.3 Å². The maximum atomic E-state index is 12.0. The van der Waals surface area contributed by atoms with Gasteiger partial charge in [0.25, 0.3) is 0 Å². The largest absolute Gasteiger partial charge is 0.455 e. The number of halogens is 2. The van der Waals surface area contributed by atoms with Crippen molar-refractivity contribution in [3.05, 3.63) is 46.5 Å². The van der Waals surface area contributed by atoms with E-state index in [0.29, 0.717) is 29.0 Å². The Morgan fingerprint density at radius 2 is 2.10 bits per heavy atom. The van der Waals surface area contributed by atoms with Crippen LogP contribution in [0.15, 0.2) is 30.9 Å². The lowest BCUT2D eigenvalue weighted by Gasteiger charge is -2.42. The number of carbonyl (C=O) groups is 1. The van der Waals surface area contributed by atoms with Crippen LogP contribution in [-0.2, 0) is 19.0 Å². The monoisotopic (exact) mass is 439 g/mol. The van der Waals surface area contributed by atoms with E-state index >= 15 is 0 Å². The first-order valence-corrected chi connectivity index (χ1v) is 10.00. The predicted molar refractivity (Wildman–Crippen MR) is 110 cm³/mol. The van der Waals surface area contributed by atoms with Crippen LogP contribution in [0, 0.1) is 5.41 Å². The smallest absolute Gasteiger partial charge is 0.303 e. The highest BCUT2D eigenvalue weighted by Crippen LogP contribution is 2.37. The van der Waals surface area contributed by atoms with E-state index in [0.717, 1.165) is 12.0 Å². The summed E-state index contributed by atoms with van der Waals surface area (Å²) in [5, 5.41) is 5.12. The van der Waals surface area contributed by atoms with E-state index in [9.17, 15) is 4.79 Å². The Labute approximate surface area is 179 Å². The molecule has 2 aromatic rings. The molecule has 2 heterocycles. The summed E-state index contributed by atoms with van der Waals surface area (Å²) >= 11 is 12.2. The molecule has 156 valence electrons. The summed E-state index contributed by atoms with van der Waals surface area (Å²) in [6.07, 6.45) is 4.56. The first-order chi connectivity index (χ1) is 13.8. The third-order valence-electron chi connectivity index (χ3n) is 4.66. The van der Waals surface area contributed by atoms with Gasteiger partial charge in [0.15, 0.2) is 12.4 Å². The molecule has 3 rings (SSSR count). The summed E-state index contributed by atoms with van der Waals surface area (Å²) in [5.41, 5.74) is 0.737. The molecule has 0 saturated carbocycles. The van der Waals surface area contributed by atoms with Crippen LogP contribution in [0.3, 0.4) is 0 Å². The van der Waals surface area contributed by atoms with Crippen molar-refractivity contribution in [2.75, 3.05) is 13.2 Å². The van der Waals surface area contributed by atoms with Crippen LogP contribution in [0.5, 0.6) is 0 Å². The Hall–Kier alpha value is -1.93. The molecule has 1 saturated heterocycles. The summed E-state index contributed by atoms with van der Waals surface area (Å²) in [5.74, 6) is -0.422. The highest BCUT2D eigenvalue weighted by atomic mass is 35.5. The number of carbonyl (C=O) groups excluding carboxylic acids is 1. The summed E-state index contributed by atoms with van der Waals surface area (Å²) in [4.78, 5) is 16.0. The highest BCUT2D eigenvalue weighted by Gasteiger charge is 2.44. The van der Waals surface area contributed by atoms with Gasteiger partial charge in [0.1, 0.15) is 12.7 Å². The Kier molecular flexibility index (Phi) is 6.95. The van der Waals surface area contributed by atoms with E-state index in [4.69, 9.17) is 37.4 Å². The third-order valence-corrected chi connectivity index (χ3v) is 5.40. The van der Waals surface area contributed by atoms with E-state index in [2.05, 4.69) is 10.1 Å². The van der Waals surface area contributed by atoms with Crippen LogP contribution in [0.1, 0.15) is 32.8 Å². The molecule has 0 spiro atoms. The molecule has 1 aromatic carbocycles. The first kappa shape index (κ1) is 21.8. The molecule has 9 heteroatoms. The lowest BCUT2D eigenvalue weighted by molar-refractivity contribution is -0.242. The summed E-state index contributed by atoms with van der Waals surface area (Å²) in [7, 11) is 0. The van der Waals surface area contributed by atoms with Crippen LogP contribution >= 0.6 is 23.2 Å². The average molecular weight is 440 g/mol. The van der Waals surface area contributed by atoms with Crippen molar-refractivity contribution in [1.29, 1.82) is 0 Å². The Bertz CT molecular complexity index is 878. The second-order valence-electron chi connectivity index (χ2n) is 7.19. The topological polar surface area (TPSA) is 75.5 Å². The van der Waals surface area contributed by atoms with Gasteiger partial charge in [-0.05, 0) is 30.2 Å². The molecule has 1 unspecified atom stereocenters. The van der Waals surface area contributed by atoms with Crippen molar-refractivity contribution >= 4 is 40.9 Å². The van der Waals surface area contributed by atoms with Crippen LogP contribution < -0.4 is 0 Å². The molecule has 0 amide bonds. The fraction of sp³-hybridized carbons (Fsp3) is 0.450. The van der Waals surface area contributed by atoms with Crippen molar-refractivity contribution in [2.24, 2.45) is 5.41 Å². The average Bonchev–Trinajstić information content (AvgIpc) is 3.22. The zero-order valence-electron chi connectivity index (χ0n) is 16.5. The quantitative estimate of drug-likeness (QED) is 0.624. The molecule has 1 aliphatic rings. The standard InChI is InChI=1S/C20H23Cl2N3O4/c1-4-18-27-9-20(3,10-28-18)19(29-13(2)26)17(25-12-23-11-24-25)8-14-5-6-15(21)16(22)7-14/h5-8,11-12,18-19H,4,9-10H2,1-3H3.